The van der Waals surface area contributed by atoms with E-state index in [1.54, 1.807) is 7.11 Å². The van der Waals surface area contributed by atoms with E-state index in [9.17, 15) is 18.0 Å². The number of ether oxygens (including phenoxy) is 2. The maximum Gasteiger partial charge on any atom is 0.490 e. The number of hydrogen-bond acceptors (Lipinski definition) is 7. The summed E-state index contributed by atoms with van der Waals surface area (Å²) in [5, 5.41) is 14.9. The van der Waals surface area contributed by atoms with Gasteiger partial charge in [-0.1, -0.05) is 0 Å². The first kappa shape index (κ1) is 28.7. The van der Waals surface area contributed by atoms with Crippen molar-refractivity contribution in [2.75, 3.05) is 45.2 Å². The standard InChI is InChI=1S/C25H34N4O3.C2HF3O2/c1-31-22-14-19-21(15-23(22)32-13-5-12-29-10-2-3-11-29)28-20-7-4-6-18(20)25(19)27-17-8-9-24(30)26-16-17;3-2(4,5)1(6)7/h14-15,17H,2-13,16H2,1H3,(H,26,30)(H,27,28);(H,6,7). The van der Waals surface area contributed by atoms with Gasteiger partial charge in [0.1, 0.15) is 0 Å². The maximum atomic E-state index is 11.6. The monoisotopic (exact) mass is 552 g/mol. The third-order valence-corrected chi connectivity index (χ3v) is 7.23. The number of aliphatic carboxylic acids is 1. The van der Waals surface area contributed by atoms with Crippen molar-refractivity contribution in [3.63, 3.8) is 0 Å². The predicted molar refractivity (Wildman–Crippen MR) is 139 cm³/mol. The van der Waals surface area contributed by atoms with Gasteiger partial charge in [-0.25, -0.2) is 4.79 Å². The SMILES string of the molecule is COc1cc2c(NC3CCC(=O)NC3)c3c(nc2cc1OCCCN1CCCC1)CCC3.O=C(O)C(F)(F)F. The number of amides is 1. The Balaban J connectivity index is 0.000000448. The second kappa shape index (κ2) is 12.7. The van der Waals surface area contributed by atoms with Crippen molar-refractivity contribution >= 4 is 28.5 Å². The van der Waals surface area contributed by atoms with Crippen molar-refractivity contribution in [2.24, 2.45) is 0 Å². The number of carbonyl (C=O) groups is 2. The Morgan fingerprint density at radius 3 is 2.56 bits per heavy atom. The first-order valence-corrected chi connectivity index (χ1v) is 13.4. The zero-order chi connectivity index (χ0) is 28.0. The Hall–Kier alpha value is -3.28. The second-order valence-electron chi connectivity index (χ2n) is 10.0. The van der Waals surface area contributed by atoms with Crippen molar-refractivity contribution < 1.29 is 37.3 Å². The largest absolute Gasteiger partial charge is 0.493 e. The number of fused-ring (bicyclic) bond motifs is 2. The number of benzene rings is 1. The molecule has 1 amide bonds. The van der Waals surface area contributed by atoms with E-state index in [1.165, 1.54) is 37.2 Å². The summed E-state index contributed by atoms with van der Waals surface area (Å²) in [7, 11) is 1.70. The molecule has 2 aliphatic heterocycles. The molecular weight excluding hydrogens is 517 g/mol. The van der Waals surface area contributed by atoms with Crippen LogP contribution in [0.5, 0.6) is 11.5 Å². The van der Waals surface area contributed by atoms with Crippen LogP contribution < -0.4 is 20.1 Å². The molecular formula is C27H35F3N4O5. The van der Waals surface area contributed by atoms with Crippen LogP contribution in [-0.2, 0) is 22.4 Å². The van der Waals surface area contributed by atoms with Gasteiger partial charge in [-0.2, -0.15) is 13.2 Å². The minimum atomic E-state index is -5.08. The summed E-state index contributed by atoms with van der Waals surface area (Å²) in [4.78, 5) is 28.0. The fourth-order valence-corrected chi connectivity index (χ4v) is 5.24. The van der Waals surface area contributed by atoms with Gasteiger partial charge in [0.25, 0.3) is 0 Å². The molecule has 3 heterocycles. The number of aryl methyl sites for hydroxylation is 1. The summed E-state index contributed by atoms with van der Waals surface area (Å²) in [6.07, 6.45) is 3.17. The number of piperidine rings is 1. The minimum Gasteiger partial charge on any atom is -0.493 e. The maximum absolute atomic E-state index is 11.6. The van der Waals surface area contributed by atoms with Gasteiger partial charge in [-0.15, -0.1) is 0 Å². The van der Waals surface area contributed by atoms with Crippen molar-refractivity contribution in [3.05, 3.63) is 23.4 Å². The number of hydrogen-bond donors (Lipinski definition) is 3. The highest BCUT2D eigenvalue weighted by atomic mass is 19.4. The lowest BCUT2D eigenvalue weighted by atomic mass is 10.0. The summed E-state index contributed by atoms with van der Waals surface area (Å²) in [6.45, 7) is 4.86. The Morgan fingerprint density at radius 1 is 1.18 bits per heavy atom. The molecule has 0 saturated carbocycles. The molecule has 2 saturated heterocycles. The van der Waals surface area contributed by atoms with Gasteiger partial charge in [0.05, 0.1) is 19.2 Å². The number of carbonyl (C=O) groups excluding carboxylic acids is 1. The van der Waals surface area contributed by atoms with E-state index < -0.39 is 12.1 Å². The number of halogens is 3. The quantitative estimate of drug-likeness (QED) is 0.423. The summed E-state index contributed by atoms with van der Waals surface area (Å²) >= 11 is 0. The smallest absolute Gasteiger partial charge is 0.490 e. The fraction of sp³-hybridized carbons (Fsp3) is 0.593. The van der Waals surface area contributed by atoms with Gasteiger partial charge in [0.15, 0.2) is 11.5 Å². The van der Waals surface area contributed by atoms with Gasteiger partial charge < -0.3 is 30.1 Å². The number of likely N-dealkylation sites (tertiary alicyclic amines) is 1. The zero-order valence-corrected chi connectivity index (χ0v) is 22.0. The second-order valence-corrected chi connectivity index (χ2v) is 10.0. The number of anilines is 1. The molecule has 1 aromatic heterocycles. The molecule has 1 aromatic carbocycles. The Morgan fingerprint density at radius 2 is 1.92 bits per heavy atom. The molecule has 2 fully saturated rings. The van der Waals surface area contributed by atoms with Crippen LogP contribution in [0.4, 0.5) is 18.9 Å². The van der Waals surface area contributed by atoms with E-state index in [1.807, 2.05) is 6.07 Å². The van der Waals surface area contributed by atoms with E-state index in [0.717, 1.165) is 66.7 Å². The highest BCUT2D eigenvalue weighted by Gasteiger charge is 2.38. The Bertz CT molecular complexity index is 1170. The van der Waals surface area contributed by atoms with Crippen molar-refractivity contribution in [2.45, 2.75) is 63.6 Å². The zero-order valence-electron chi connectivity index (χ0n) is 22.0. The topological polar surface area (TPSA) is 113 Å². The highest BCUT2D eigenvalue weighted by Crippen LogP contribution is 2.40. The van der Waals surface area contributed by atoms with E-state index in [4.69, 9.17) is 24.4 Å². The number of pyridine rings is 1. The van der Waals surface area contributed by atoms with Gasteiger partial charge in [0, 0.05) is 48.4 Å². The molecule has 9 nitrogen and oxygen atoms in total. The molecule has 39 heavy (non-hydrogen) atoms. The molecule has 1 aliphatic carbocycles. The molecule has 3 N–H and O–H groups in total. The van der Waals surface area contributed by atoms with Crippen LogP contribution in [0.3, 0.4) is 0 Å². The number of nitrogens with zero attached hydrogens (tertiary/aromatic N) is 2. The molecule has 0 spiro atoms. The van der Waals surface area contributed by atoms with Crippen LogP contribution in [0.25, 0.3) is 10.9 Å². The number of carboxylic acid groups (broad SMARTS) is 1. The van der Waals surface area contributed by atoms with E-state index in [0.29, 0.717) is 19.6 Å². The average Bonchev–Trinajstić information content (AvgIpc) is 3.59. The van der Waals surface area contributed by atoms with Gasteiger partial charge >= 0.3 is 12.1 Å². The highest BCUT2D eigenvalue weighted by molar-refractivity contribution is 5.96. The number of alkyl halides is 3. The van der Waals surface area contributed by atoms with Crippen molar-refractivity contribution in [1.29, 1.82) is 0 Å². The Kier molecular flexibility index (Phi) is 9.36. The fourth-order valence-electron chi connectivity index (χ4n) is 5.24. The molecule has 12 heteroatoms. The summed E-state index contributed by atoms with van der Waals surface area (Å²) in [5.41, 5.74) is 4.60. The predicted octanol–water partition coefficient (Wildman–Crippen LogP) is 3.92. The van der Waals surface area contributed by atoms with Gasteiger partial charge in [-0.05, 0) is 69.7 Å². The van der Waals surface area contributed by atoms with Crippen molar-refractivity contribution in [1.82, 2.24) is 15.2 Å². The third-order valence-electron chi connectivity index (χ3n) is 7.23. The lowest BCUT2D eigenvalue weighted by molar-refractivity contribution is -0.192. The average molecular weight is 553 g/mol. The van der Waals surface area contributed by atoms with E-state index in [-0.39, 0.29) is 11.9 Å². The van der Waals surface area contributed by atoms with Crippen LogP contribution >= 0.6 is 0 Å². The number of methoxy groups -OCH3 is 1. The molecule has 5 rings (SSSR count). The van der Waals surface area contributed by atoms with E-state index in [2.05, 4.69) is 21.6 Å². The van der Waals surface area contributed by atoms with Crippen LogP contribution in [0.15, 0.2) is 12.1 Å². The van der Waals surface area contributed by atoms with Crippen molar-refractivity contribution in [3.8, 4) is 11.5 Å². The lowest BCUT2D eigenvalue weighted by Gasteiger charge is -2.26. The lowest BCUT2D eigenvalue weighted by Crippen LogP contribution is -2.42. The number of carboxylic acids is 1. The third kappa shape index (κ3) is 7.43. The first-order valence-electron chi connectivity index (χ1n) is 13.4. The van der Waals surface area contributed by atoms with Crippen LogP contribution in [0.2, 0.25) is 0 Å². The molecule has 1 atom stereocenters. The minimum absolute atomic E-state index is 0.140. The molecule has 214 valence electrons. The summed E-state index contributed by atoms with van der Waals surface area (Å²) < 4.78 is 43.6. The van der Waals surface area contributed by atoms with Gasteiger partial charge in [0.2, 0.25) is 5.91 Å². The Labute approximate surface area is 225 Å². The number of nitrogens with one attached hydrogen (secondary N) is 2. The van der Waals surface area contributed by atoms with Gasteiger partial charge in [-0.3, -0.25) is 9.78 Å². The molecule has 0 radical (unpaired) electrons. The molecule has 3 aliphatic rings. The van der Waals surface area contributed by atoms with Crippen LogP contribution in [0.1, 0.15) is 49.8 Å². The molecule has 0 bridgehead atoms. The van der Waals surface area contributed by atoms with E-state index >= 15 is 0 Å². The number of aromatic nitrogens is 1. The normalized spacial score (nSPS) is 19.2. The first-order chi connectivity index (χ1) is 18.7. The molecule has 1 unspecified atom stereocenters. The summed E-state index contributed by atoms with van der Waals surface area (Å²) in [6, 6.07) is 4.34. The van der Waals surface area contributed by atoms with Crippen LogP contribution in [-0.4, -0.2) is 79.0 Å². The van der Waals surface area contributed by atoms with Crippen LogP contribution in [0, 0.1) is 0 Å². The number of rotatable bonds is 8. The molecule has 2 aromatic rings. The summed E-state index contributed by atoms with van der Waals surface area (Å²) in [5.74, 6) is -1.10.